The van der Waals surface area contributed by atoms with E-state index in [9.17, 15) is 4.79 Å². The molecule has 1 fully saturated rings. The molecule has 3 nitrogen and oxygen atoms in total. The third-order valence-electron chi connectivity index (χ3n) is 2.87. The van der Waals surface area contributed by atoms with Crippen molar-refractivity contribution in [1.29, 1.82) is 0 Å². The molecular formula is C11H14ClNO2. The van der Waals surface area contributed by atoms with E-state index < -0.39 is 0 Å². The van der Waals surface area contributed by atoms with Crippen LogP contribution < -0.4 is 0 Å². The lowest BCUT2D eigenvalue weighted by Crippen LogP contribution is -2.45. The number of hydrogen-bond acceptors (Lipinski definition) is 2. The summed E-state index contributed by atoms with van der Waals surface area (Å²) in [6.07, 6.45) is 6.41. The highest BCUT2D eigenvalue weighted by Crippen LogP contribution is 2.26. The summed E-state index contributed by atoms with van der Waals surface area (Å²) in [5.74, 6) is 0.522. The predicted octanol–water partition coefficient (Wildman–Crippen LogP) is 2.51. The van der Waals surface area contributed by atoms with Crippen molar-refractivity contribution >= 4 is 17.5 Å². The minimum atomic E-state index is 0.0362. The summed E-state index contributed by atoms with van der Waals surface area (Å²) in [5, 5.41) is 0. The molecule has 0 unspecified atom stereocenters. The van der Waals surface area contributed by atoms with Gasteiger partial charge in [-0.1, -0.05) is 0 Å². The van der Waals surface area contributed by atoms with Gasteiger partial charge < -0.3 is 9.32 Å². The van der Waals surface area contributed by atoms with E-state index in [2.05, 4.69) is 0 Å². The number of hydrogen-bond donors (Lipinski definition) is 0. The molecule has 1 amide bonds. The molecule has 0 aromatic carbocycles. The van der Waals surface area contributed by atoms with Gasteiger partial charge in [-0.15, -0.1) is 11.6 Å². The van der Waals surface area contributed by atoms with Crippen LogP contribution in [0.4, 0.5) is 0 Å². The highest BCUT2D eigenvalue weighted by Gasteiger charge is 2.29. The molecular weight excluding hydrogens is 214 g/mol. The predicted molar refractivity (Wildman–Crippen MR) is 58.1 cm³/mol. The van der Waals surface area contributed by atoms with E-state index in [0.717, 1.165) is 12.8 Å². The number of carbonyl (C=O) groups is 1. The van der Waals surface area contributed by atoms with Gasteiger partial charge in [0.15, 0.2) is 0 Å². The quantitative estimate of drug-likeness (QED) is 0.741. The van der Waals surface area contributed by atoms with E-state index in [1.807, 2.05) is 4.90 Å². The zero-order valence-corrected chi connectivity index (χ0v) is 9.24. The van der Waals surface area contributed by atoms with Crippen molar-refractivity contribution < 1.29 is 9.21 Å². The van der Waals surface area contributed by atoms with Gasteiger partial charge in [-0.05, 0) is 25.3 Å². The Kier molecular flexibility index (Phi) is 3.31. The summed E-state index contributed by atoms with van der Waals surface area (Å²) >= 11 is 5.71. The van der Waals surface area contributed by atoms with Gasteiger partial charge in [-0.25, -0.2) is 0 Å². The van der Waals surface area contributed by atoms with Gasteiger partial charge in [0.05, 0.1) is 11.8 Å². The molecule has 1 saturated carbocycles. The molecule has 0 aliphatic heterocycles. The summed E-state index contributed by atoms with van der Waals surface area (Å²) in [6, 6.07) is 2.08. The topological polar surface area (TPSA) is 33.5 Å². The van der Waals surface area contributed by atoms with Gasteiger partial charge in [0.25, 0.3) is 5.91 Å². The molecule has 1 heterocycles. The van der Waals surface area contributed by atoms with Gasteiger partial charge in [0.2, 0.25) is 0 Å². The van der Waals surface area contributed by atoms with E-state index in [-0.39, 0.29) is 5.91 Å². The summed E-state index contributed by atoms with van der Waals surface area (Å²) in [4.78, 5) is 13.9. The summed E-state index contributed by atoms with van der Waals surface area (Å²) in [5.41, 5.74) is 0.618. The fourth-order valence-electron chi connectivity index (χ4n) is 1.79. The van der Waals surface area contributed by atoms with Crippen molar-refractivity contribution in [3.8, 4) is 0 Å². The standard InChI is InChI=1S/C11H14ClNO2/c12-5-6-13(10-2-1-3-10)11(14)9-4-7-15-8-9/h4,7-8,10H,1-3,5-6H2. The molecule has 2 rings (SSSR count). The van der Waals surface area contributed by atoms with E-state index >= 15 is 0 Å². The van der Waals surface area contributed by atoms with E-state index in [4.69, 9.17) is 16.0 Å². The SMILES string of the molecule is O=C(c1ccoc1)N(CCCl)C1CCC1. The van der Waals surface area contributed by atoms with E-state index in [1.54, 1.807) is 6.07 Å². The summed E-state index contributed by atoms with van der Waals surface area (Å²) < 4.78 is 4.91. The van der Waals surface area contributed by atoms with Crippen LogP contribution in [0.5, 0.6) is 0 Å². The number of nitrogens with zero attached hydrogens (tertiary/aromatic N) is 1. The molecule has 82 valence electrons. The highest BCUT2D eigenvalue weighted by molar-refractivity contribution is 6.18. The largest absolute Gasteiger partial charge is 0.472 e. The second-order valence-corrected chi connectivity index (χ2v) is 4.16. The Labute approximate surface area is 94.0 Å². The average molecular weight is 228 g/mol. The van der Waals surface area contributed by atoms with Gasteiger partial charge in [0, 0.05) is 18.5 Å². The first-order valence-corrected chi connectivity index (χ1v) is 5.75. The lowest BCUT2D eigenvalue weighted by atomic mass is 9.91. The number of halogens is 1. The van der Waals surface area contributed by atoms with Gasteiger partial charge in [0.1, 0.15) is 6.26 Å². The van der Waals surface area contributed by atoms with Crippen LogP contribution in [-0.2, 0) is 0 Å². The molecule has 0 N–H and O–H groups in total. The fourth-order valence-corrected chi connectivity index (χ4v) is 1.97. The molecule has 0 saturated heterocycles. The lowest BCUT2D eigenvalue weighted by molar-refractivity contribution is 0.0597. The Bertz CT molecular complexity index is 319. The Morgan fingerprint density at radius 3 is 2.87 bits per heavy atom. The van der Waals surface area contributed by atoms with Crippen molar-refractivity contribution in [3.63, 3.8) is 0 Å². The number of amides is 1. The number of carbonyl (C=O) groups excluding carboxylic acids is 1. The second-order valence-electron chi connectivity index (χ2n) is 3.78. The van der Waals surface area contributed by atoms with Gasteiger partial charge >= 0.3 is 0 Å². The molecule has 0 bridgehead atoms. The van der Waals surface area contributed by atoms with Crippen LogP contribution in [0.2, 0.25) is 0 Å². The van der Waals surface area contributed by atoms with Crippen molar-refractivity contribution in [2.24, 2.45) is 0 Å². The molecule has 1 aromatic rings. The van der Waals surface area contributed by atoms with Crippen LogP contribution in [0.3, 0.4) is 0 Å². The van der Waals surface area contributed by atoms with Crippen LogP contribution in [0.25, 0.3) is 0 Å². The summed E-state index contributed by atoms with van der Waals surface area (Å²) in [6.45, 7) is 0.621. The van der Waals surface area contributed by atoms with Crippen molar-refractivity contribution in [3.05, 3.63) is 24.2 Å². The Hall–Kier alpha value is -0.960. The molecule has 1 aliphatic rings. The van der Waals surface area contributed by atoms with Crippen molar-refractivity contribution in [1.82, 2.24) is 4.90 Å². The summed E-state index contributed by atoms with van der Waals surface area (Å²) in [7, 11) is 0. The minimum absolute atomic E-state index is 0.0362. The maximum Gasteiger partial charge on any atom is 0.257 e. The number of furan rings is 1. The number of alkyl halides is 1. The second kappa shape index (κ2) is 4.71. The smallest absolute Gasteiger partial charge is 0.257 e. The third-order valence-corrected chi connectivity index (χ3v) is 3.04. The fraction of sp³-hybridized carbons (Fsp3) is 0.545. The first-order chi connectivity index (χ1) is 7.33. The van der Waals surface area contributed by atoms with Crippen LogP contribution >= 0.6 is 11.6 Å². The van der Waals surface area contributed by atoms with Gasteiger partial charge in [-0.2, -0.15) is 0 Å². The monoisotopic (exact) mass is 227 g/mol. The van der Waals surface area contributed by atoms with Crippen molar-refractivity contribution in [2.75, 3.05) is 12.4 Å². The van der Waals surface area contributed by atoms with Crippen LogP contribution in [0.15, 0.2) is 23.0 Å². The highest BCUT2D eigenvalue weighted by atomic mass is 35.5. The normalized spacial score (nSPS) is 16.1. The molecule has 4 heteroatoms. The number of rotatable bonds is 4. The van der Waals surface area contributed by atoms with E-state index in [1.165, 1.54) is 18.9 Å². The molecule has 1 aromatic heterocycles. The minimum Gasteiger partial charge on any atom is -0.472 e. The third kappa shape index (κ3) is 2.17. The maximum atomic E-state index is 12.0. The van der Waals surface area contributed by atoms with Crippen molar-refractivity contribution in [2.45, 2.75) is 25.3 Å². The average Bonchev–Trinajstić information content (AvgIpc) is 2.66. The molecule has 0 atom stereocenters. The molecule has 0 spiro atoms. The Balaban J connectivity index is 2.06. The van der Waals surface area contributed by atoms with Crippen LogP contribution in [0.1, 0.15) is 29.6 Å². The Morgan fingerprint density at radius 1 is 1.60 bits per heavy atom. The zero-order chi connectivity index (χ0) is 10.7. The molecule has 0 radical (unpaired) electrons. The van der Waals surface area contributed by atoms with Crippen LogP contribution in [0, 0.1) is 0 Å². The first-order valence-electron chi connectivity index (χ1n) is 5.22. The maximum absolute atomic E-state index is 12.0. The lowest BCUT2D eigenvalue weighted by Gasteiger charge is -2.37. The van der Waals surface area contributed by atoms with Gasteiger partial charge in [-0.3, -0.25) is 4.79 Å². The molecule has 1 aliphatic carbocycles. The Morgan fingerprint density at radius 2 is 2.40 bits per heavy atom. The van der Waals surface area contributed by atoms with Crippen LogP contribution in [-0.4, -0.2) is 29.3 Å². The van der Waals surface area contributed by atoms with E-state index in [0.29, 0.717) is 24.0 Å². The first kappa shape index (κ1) is 10.6. The zero-order valence-electron chi connectivity index (χ0n) is 8.49. The molecule has 15 heavy (non-hydrogen) atoms.